The first-order chi connectivity index (χ1) is 32.2. The van der Waals surface area contributed by atoms with Crippen LogP contribution in [0.15, 0.2) is 247 Å². The Morgan fingerprint density at radius 1 is 0.323 bits per heavy atom. The van der Waals surface area contributed by atoms with Crippen molar-refractivity contribution in [3.63, 3.8) is 0 Å². The maximum Gasteiger partial charge on any atom is 0.143 e. The maximum atomic E-state index is 6.56. The van der Waals surface area contributed by atoms with Crippen LogP contribution in [0.1, 0.15) is 0 Å². The molecular formula is C62H40N2O. The summed E-state index contributed by atoms with van der Waals surface area (Å²) in [5.41, 5.74) is 15.5. The van der Waals surface area contributed by atoms with Gasteiger partial charge in [0.05, 0.1) is 22.4 Å². The van der Waals surface area contributed by atoms with E-state index in [-0.39, 0.29) is 0 Å². The molecule has 13 rings (SSSR count). The van der Waals surface area contributed by atoms with Crippen molar-refractivity contribution in [3.8, 4) is 39.1 Å². The number of hydrogen-bond acceptors (Lipinski definition) is 2. The average Bonchev–Trinajstić information content (AvgIpc) is 3.93. The lowest BCUT2D eigenvalue weighted by Gasteiger charge is -2.28. The van der Waals surface area contributed by atoms with E-state index in [2.05, 4.69) is 252 Å². The Kier molecular flexibility index (Phi) is 8.53. The Bertz CT molecular complexity index is 3910. The van der Waals surface area contributed by atoms with Gasteiger partial charge in [0.15, 0.2) is 0 Å². The first-order valence-electron chi connectivity index (χ1n) is 22.2. The van der Waals surface area contributed by atoms with Crippen LogP contribution in [0.2, 0.25) is 0 Å². The minimum absolute atomic E-state index is 0.884. The third kappa shape index (κ3) is 6.12. The minimum atomic E-state index is 0.884. The van der Waals surface area contributed by atoms with Gasteiger partial charge in [-0.1, -0.05) is 170 Å². The number of fused-ring (bicyclic) bond motifs is 9. The number of rotatable bonds is 7. The molecule has 0 aliphatic rings. The van der Waals surface area contributed by atoms with Gasteiger partial charge in [0, 0.05) is 49.4 Å². The van der Waals surface area contributed by atoms with Crippen LogP contribution in [0.25, 0.3) is 104 Å². The molecule has 2 heterocycles. The van der Waals surface area contributed by atoms with Gasteiger partial charge in [0.1, 0.15) is 11.2 Å². The van der Waals surface area contributed by atoms with Crippen molar-refractivity contribution < 1.29 is 4.42 Å². The van der Waals surface area contributed by atoms with Crippen LogP contribution in [0.4, 0.5) is 17.1 Å². The second kappa shape index (κ2) is 15.0. The first kappa shape index (κ1) is 36.9. The van der Waals surface area contributed by atoms with E-state index in [0.29, 0.717) is 0 Å². The normalized spacial score (nSPS) is 11.7. The van der Waals surface area contributed by atoms with Gasteiger partial charge >= 0.3 is 0 Å². The molecule has 0 radical (unpaired) electrons. The lowest BCUT2D eigenvalue weighted by molar-refractivity contribution is 0.672. The third-order valence-electron chi connectivity index (χ3n) is 13.2. The van der Waals surface area contributed by atoms with Gasteiger partial charge < -0.3 is 13.9 Å². The summed E-state index contributed by atoms with van der Waals surface area (Å²) >= 11 is 0. The predicted octanol–water partition coefficient (Wildman–Crippen LogP) is 17.5. The molecule has 3 heteroatoms. The highest BCUT2D eigenvalue weighted by Gasteiger charge is 2.21. The quantitative estimate of drug-likeness (QED) is 0.160. The van der Waals surface area contributed by atoms with E-state index in [1.807, 2.05) is 0 Å². The Labute approximate surface area is 376 Å². The summed E-state index contributed by atoms with van der Waals surface area (Å²) in [4.78, 5) is 2.41. The zero-order chi connectivity index (χ0) is 42.8. The molecule has 0 fully saturated rings. The SMILES string of the molecule is c1cc(-c2ccc3ccccc3c2)cc(N(c2ccc(-c3ccccc3-n3c4ccccc4c4ccccc43)cc2)c2ccccc2-c2ccc3oc4c5ccccc5ccc4c3c2)c1. The summed E-state index contributed by atoms with van der Waals surface area (Å²) in [7, 11) is 0. The summed E-state index contributed by atoms with van der Waals surface area (Å²) in [5, 5.41) is 9.49. The van der Waals surface area contributed by atoms with Crippen LogP contribution in [-0.2, 0) is 0 Å². The van der Waals surface area contributed by atoms with Crippen molar-refractivity contribution in [2.75, 3.05) is 4.90 Å². The molecule has 0 amide bonds. The van der Waals surface area contributed by atoms with Crippen LogP contribution in [0.3, 0.4) is 0 Å². The van der Waals surface area contributed by atoms with Gasteiger partial charge in [0.2, 0.25) is 0 Å². The fraction of sp³-hybridized carbons (Fsp3) is 0. The van der Waals surface area contributed by atoms with Crippen LogP contribution >= 0.6 is 0 Å². The van der Waals surface area contributed by atoms with Crippen LogP contribution in [0, 0.1) is 0 Å². The number of nitrogens with zero attached hydrogens (tertiary/aromatic N) is 2. The van der Waals surface area contributed by atoms with E-state index in [1.54, 1.807) is 0 Å². The molecule has 11 aromatic carbocycles. The highest BCUT2D eigenvalue weighted by molar-refractivity contribution is 6.16. The van der Waals surface area contributed by atoms with Gasteiger partial charge in [-0.25, -0.2) is 0 Å². The molecule has 0 bridgehead atoms. The molecule has 3 nitrogen and oxygen atoms in total. The summed E-state index contributed by atoms with van der Waals surface area (Å²) in [6.45, 7) is 0. The van der Waals surface area contributed by atoms with E-state index >= 15 is 0 Å². The van der Waals surface area contributed by atoms with Crippen LogP contribution < -0.4 is 4.90 Å². The third-order valence-corrected chi connectivity index (χ3v) is 13.2. The predicted molar refractivity (Wildman–Crippen MR) is 274 cm³/mol. The lowest BCUT2D eigenvalue weighted by Crippen LogP contribution is -2.11. The van der Waals surface area contributed by atoms with Crippen molar-refractivity contribution in [1.82, 2.24) is 4.57 Å². The molecule has 0 atom stereocenters. The average molecular weight is 829 g/mol. The topological polar surface area (TPSA) is 21.3 Å². The van der Waals surface area contributed by atoms with Crippen molar-refractivity contribution >= 4 is 82.4 Å². The van der Waals surface area contributed by atoms with E-state index in [9.17, 15) is 0 Å². The van der Waals surface area contributed by atoms with Crippen molar-refractivity contribution in [3.05, 3.63) is 243 Å². The second-order valence-electron chi connectivity index (χ2n) is 16.9. The lowest BCUT2D eigenvalue weighted by atomic mass is 9.97. The van der Waals surface area contributed by atoms with Crippen molar-refractivity contribution in [1.29, 1.82) is 0 Å². The minimum Gasteiger partial charge on any atom is -0.455 e. The fourth-order valence-electron chi connectivity index (χ4n) is 10.1. The zero-order valence-corrected chi connectivity index (χ0v) is 35.4. The van der Waals surface area contributed by atoms with Crippen LogP contribution in [0.5, 0.6) is 0 Å². The van der Waals surface area contributed by atoms with Crippen molar-refractivity contribution in [2.45, 2.75) is 0 Å². The molecule has 0 aliphatic heterocycles. The number of furan rings is 1. The number of hydrogen-bond donors (Lipinski definition) is 0. The summed E-state index contributed by atoms with van der Waals surface area (Å²) in [6, 6.07) is 87.8. The second-order valence-corrected chi connectivity index (χ2v) is 16.9. The summed E-state index contributed by atoms with van der Waals surface area (Å²) in [6.07, 6.45) is 0. The number of benzene rings is 11. The monoisotopic (exact) mass is 828 g/mol. The molecule has 304 valence electrons. The standard InChI is InChI=1S/C62H40N2O/c1-2-16-44-38-46(29-28-41(44)14-1)45-17-13-18-49(39-45)63(57-24-9-6-20-51(57)47-33-37-61-56(40-47)55-36-32-42-15-3-4-21-52(42)62(55)65-61)48-34-30-43(31-35-48)50-19-5-10-25-58(50)64-59-26-11-7-22-53(59)54-23-8-12-27-60(54)64/h1-40H. The molecule has 0 saturated heterocycles. The highest BCUT2D eigenvalue weighted by atomic mass is 16.3. The largest absolute Gasteiger partial charge is 0.455 e. The molecule has 0 aliphatic carbocycles. The van der Waals surface area contributed by atoms with E-state index < -0.39 is 0 Å². The molecule has 2 aromatic heterocycles. The van der Waals surface area contributed by atoms with E-state index in [0.717, 1.165) is 72.3 Å². The molecular weight excluding hydrogens is 789 g/mol. The summed E-state index contributed by atoms with van der Waals surface area (Å²) in [5.74, 6) is 0. The Morgan fingerprint density at radius 3 is 1.75 bits per heavy atom. The molecule has 65 heavy (non-hydrogen) atoms. The molecule has 0 saturated carbocycles. The van der Waals surface area contributed by atoms with E-state index in [1.165, 1.54) is 49.1 Å². The van der Waals surface area contributed by atoms with Gasteiger partial charge in [-0.15, -0.1) is 0 Å². The number of aromatic nitrogens is 1. The van der Waals surface area contributed by atoms with Gasteiger partial charge in [-0.05, 0) is 111 Å². The zero-order valence-electron chi connectivity index (χ0n) is 35.4. The van der Waals surface area contributed by atoms with E-state index in [4.69, 9.17) is 4.42 Å². The Balaban J connectivity index is 0.971. The molecule has 0 spiro atoms. The smallest absolute Gasteiger partial charge is 0.143 e. The first-order valence-corrected chi connectivity index (χ1v) is 22.2. The van der Waals surface area contributed by atoms with Gasteiger partial charge in [-0.2, -0.15) is 0 Å². The molecule has 0 N–H and O–H groups in total. The molecule has 13 aromatic rings. The number of anilines is 3. The Morgan fingerprint density at radius 2 is 0.938 bits per heavy atom. The number of para-hydroxylation sites is 4. The molecule has 0 unspecified atom stereocenters. The van der Waals surface area contributed by atoms with Gasteiger partial charge in [0.25, 0.3) is 0 Å². The van der Waals surface area contributed by atoms with Crippen molar-refractivity contribution in [2.24, 2.45) is 0 Å². The van der Waals surface area contributed by atoms with Crippen LogP contribution in [-0.4, -0.2) is 4.57 Å². The van der Waals surface area contributed by atoms with Gasteiger partial charge in [-0.3, -0.25) is 0 Å². The summed E-state index contributed by atoms with van der Waals surface area (Å²) < 4.78 is 8.98. The maximum absolute atomic E-state index is 6.56. The Hall–Kier alpha value is -8.66. The fourth-order valence-corrected chi connectivity index (χ4v) is 10.1. The highest BCUT2D eigenvalue weighted by Crippen LogP contribution is 2.45.